The van der Waals surface area contributed by atoms with Crippen molar-refractivity contribution in [1.82, 2.24) is 4.98 Å². The number of rotatable bonds is 3. The molecule has 3 rings (SSSR count). The minimum Gasteiger partial charge on any atom is -0.399 e. The highest BCUT2D eigenvalue weighted by Crippen LogP contribution is 2.46. The SMILES string of the molecule is CC1(C)OB(c2ccnc(C3(C(N)=O)CC3)c2)OC1(C)C. The Hall–Kier alpha value is -1.40. The molecule has 1 aliphatic heterocycles. The molecule has 21 heavy (non-hydrogen) atoms. The quantitative estimate of drug-likeness (QED) is 0.838. The van der Waals surface area contributed by atoms with E-state index >= 15 is 0 Å². The number of amides is 1. The second-order valence-electron chi connectivity index (χ2n) is 7.01. The van der Waals surface area contributed by atoms with E-state index in [2.05, 4.69) is 4.98 Å². The number of primary amides is 1. The summed E-state index contributed by atoms with van der Waals surface area (Å²) in [5, 5.41) is 0. The molecule has 1 saturated heterocycles. The molecule has 1 amide bonds. The fourth-order valence-corrected chi connectivity index (χ4v) is 2.59. The normalized spacial score (nSPS) is 24.9. The first-order valence-electron chi connectivity index (χ1n) is 7.30. The molecule has 0 radical (unpaired) electrons. The van der Waals surface area contributed by atoms with Gasteiger partial charge in [-0.2, -0.15) is 0 Å². The van der Waals surface area contributed by atoms with Gasteiger partial charge >= 0.3 is 7.12 Å². The average molecular weight is 288 g/mol. The van der Waals surface area contributed by atoms with Gasteiger partial charge in [-0.25, -0.2) is 0 Å². The first-order valence-corrected chi connectivity index (χ1v) is 7.30. The molecule has 2 fully saturated rings. The number of hydrogen-bond donors (Lipinski definition) is 1. The summed E-state index contributed by atoms with van der Waals surface area (Å²) in [7, 11) is -0.444. The smallest absolute Gasteiger partial charge is 0.399 e. The van der Waals surface area contributed by atoms with E-state index in [-0.39, 0.29) is 17.1 Å². The summed E-state index contributed by atoms with van der Waals surface area (Å²) in [4.78, 5) is 16.0. The van der Waals surface area contributed by atoms with Crippen LogP contribution in [0, 0.1) is 0 Å². The summed E-state index contributed by atoms with van der Waals surface area (Å²) in [6.07, 6.45) is 3.23. The van der Waals surface area contributed by atoms with Crippen LogP contribution in [-0.4, -0.2) is 29.2 Å². The zero-order valence-corrected chi connectivity index (χ0v) is 13.0. The Bertz CT molecular complexity index is 580. The zero-order chi connectivity index (χ0) is 15.5. The van der Waals surface area contributed by atoms with E-state index < -0.39 is 12.5 Å². The van der Waals surface area contributed by atoms with E-state index in [0.717, 1.165) is 24.0 Å². The number of nitrogens with two attached hydrogens (primary N) is 1. The third-order valence-corrected chi connectivity index (χ3v) is 5.02. The van der Waals surface area contributed by atoms with Crippen molar-refractivity contribution < 1.29 is 14.1 Å². The summed E-state index contributed by atoms with van der Waals surface area (Å²) in [5.74, 6) is -0.305. The highest BCUT2D eigenvalue weighted by molar-refractivity contribution is 6.62. The monoisotopic (exact) mass is 288 g/mol. The maximum absolute atomic E-state index is 11.6. The molecule has 1 aliphatic carbocycles. The van der Waals surface area contributed by atoms with Crippen LogP contribution in [0.25, 0.3) is 0 Å². The highest BCUT2D eigenvalue weighted by atomic mass is 16.7. The maximum Gasteiger partial charge on any atom is 0.494 e. The van der Waals surface area contributed by atoms with E-state index in [4.69, 9.17) is 15.0 Å². The fraction of sp³-hybridized carbons (Fsp3) is 0.600. The summed E-state index contributed by atoms with van der Waals surface area (Å²) in [5.41, 5.74) is 5.76. The van der Waals surface area contributed by atoms with Crippen molar-refractivity contribution >= 4 is 18.5 Å². The molecule has 2 heterocycles. The molecular formula is C15H21BN2O3. The molecule has 0 unspecified atom stereocenters. The molecule has 1 saturated carbocycles. The molecule has 5 nitrogen and oxygen atoms in total. The van der Waals surface area contributed by atoms with Gasteiger partial charge in [0.25, 0.3) is 0 Å². The second kappa shape index (κ2) is 4.30. The van der Waals surface area contributed by atoms with Crippen LogP contribution in [0.4, 0.5) is 0 Å². The predicted octanol–water partition coefficient (Wildman–Crippen LogP) is 0.898. The fourth-order valence-electron chi connectivity index (χ4n) is 2.59. The molecule has 1 aromatic heterocycles. The minimum atomic E-state index is -0.584. The van der Waals surface area contributed by atoms with Gasteiger partial charge < -0.3 is 15.0 Å². The van der Waals surface area contributed by atoms with Crippen LogP contribution in [0.5, 0.6) is 0 Å². The lowest BCUT2D eigenvalue weighted by atomic mass is 9.78. The Labute approximate surface area is 125 Å². The first-order chi connectivity index (χ1) is 9.68. The van der Waals surface area contributed by atoms with Gasteiger partial charge in [-0.05, 0) is 58.1 Å². The van der Waals surface area contributed by atoms with Gasteiger partial charge in [0.05, 0.1) is 22.3 Å². The van der Waals surface area contributed by atoms with Crippen LogP contribution in [0.15, 0.2) is 18.3 Å². The maximum atomic E-state index is 11.6. The number of nitrogens with zero attached hydrogens (tertiary/aromatic N) is 1. The standard InChI is InChI=1S/C15H21BN2O3/c1-13(2)14(3,4)21-16(20-13)10-5-8-18-11(9-10)15(6-7-15)12(17)19/h5,8-9H,6-7H2,1-4H3,(H2,17,19). The van der Waals surface area contributed by atoms with Crippen molar-refractivity contribution in [2.45, 2.75) is 57.2 Å². The van der Waals surface area contributed by atoms with Crippen LogP contribution in [0.1, 0.15) is 46.2 Å². The number of pyridine rings is 1. The number of carbonyl (C=O) groups excluding carboxylic acids is 1. The Balaban J connectivity index is 1.91. The number of carbonyl (C=O) groups is 1. The molecule has 6 heteroatoms. The van der Waals surface area contributed by atoms with Crippen molar-refractivity contribution in [3.05, 3.63) is 24.0 Å². The van der Waals surface area contributed by atoms with Crippen molar-refractivity contribution in [2.24, 2.45) is 5.73 Å². The number of hydrogen-bond acceptors (Lipinski definition) is 4. The molecule has 2 N–H and O–H groups in total. The second-order valence-corrected chi connectivity index (χ2v) is 7.01. The van der Waals surface area contributed by atoms with E-state index in [1.807, 2.05) is 39.8 Å². The van der Waals surface area contributed by atoms with Crippen LogP contribution in [0.3, 0.4) is 0 Å². The molecule has 2 aliphatic rings. The number of aromatic nitrogens is 1. The topological polar surface area (TPSA) is 74.4 Å². The van der Waals surface area contributed by atoms with Crippen LogP contribution in [0.2, 0.25) is 0 Å². The molecule has 0 bridgehead atoms. The summed E-state index contributed by atoms with van der Waals surface area (Å²) >= 11 is 0. The Morgan fingerprint density at radius 3 is 2.29 bits per heavy atom. The molecule has 1 aromatic rings. The van der Waals surface area contributed by atoms with Gasteiger partial charge in [0, 0.05) is 6.20 Å². The zero-order valence-electron chi connectivity index (χ0n) is 13.0. The van der Waals surface area contributed by atoms with E-state index in [1.54, 1.807) is 6.20 Å². The Morgan fingerprint density at radius 1 is 1.24 bits per heavy atom. The van der Waals surface area contributed by atoms with Gasteiger partial charge in [0.15, 0.2) is 0 Å². The molecule has 0 aromatic carbocycles. The van der Waals surface area contributed by atoms with Gasteiger partial charge in [-0.3, -0.25) is 9.78 Å². The average Bonchev–Trinajstić information content (AvgIpc) is 3.15. The largest absolute Gasteiger partial charge is 0.494 e. The van der Waals surface area contributed by atoms with Gasteiger partial charge in [-0.1, -0.05) is 0 Å². The van der Waals surface area contributed by atoms with Gasteiger partial charge in [0.2, 0.25) is 5.91 Å². The van der Waals surface area contributed by atoms with Crippen molar-refractivity contribution in [2.75, 3.05) is 0 Å². The minimum absolute atomic E-state index is 0.305. The van der Waals surface area contributed by atoms with Crippen LogP contribution in [-0.2, 0) is 19.5 Å². The summed E-state index contributed by atoms with van der Waals surface area (Å²) in [6.45, 7) is 8.06. The molecule has 0 atom stereocenters. The third kappa shape index (κ3) is 2.17. The molecule has 0 spiro atoms. The lowest BCUT2D eigenvalue weighted by Crippen LogP contribution is -2.41. The van der Waals surface area contributed by atoms with Crippen LogP contribution >= 0.6 is 0 Å². The predicted molar refractivity (Wildman–Crippen MR) is 80.1 cm³/mol. The summed E-state index contributed by atoms with van der Waals surface area (Å²) < 4.78 is 12.1. The molecule has 112 valence electrons. The van der Waals surface area contributed by atoms with E-state index in [0.29, 0.717) is 0 Å². The van der Waals surface area contributed by atoms with Gasteiger partial charge in [-0.15, -0.1) is 0 Å². The Kier molecular flexibility index (Phi) is 2.98. The van der Waals surface area contributed by atoms with Crippen LogP contribution < -0.4 is 11.2 Å². The van der Waals surface area contributed by atoms with Gasteiger partial charge in [0.1, 0.15) is 0 Å². The van der Waals surface area contributed by atoms with Crippen molar-refractivity contribution in [3.63, 3.8) is 0 Å². The van der Waals surface area contributed by atoms with Crippen molar-refractivity contribution in [3.8, 4) is 0 Å². The first kappa shape index (κ1) is 14.5. The lowest BCUT2D eigenvalue weighted by molar-refractivity contribution is -0.120. The molecular weight excluding hydrogens is 267 g/mol. The summed E-state index contributed by atoms with van der Waals surface area (Å²) in [6, 6.07) is 3.75. The third-order valence-electron chi connectivity index (χ3n) is 5.02. The van der Waals surface area contributed by atoms with E-state index in [9.17, 15) is 4.79 Å². The van der Waals surface area contributed by atoms with Crippen molar-refractivity contribution in [1.29, 1.82) is 0 Å². The lowest BCUT2D eigenvalue weighted by Gasteiger charge is -2.32. The van der Waals surface area contributed by atoms with E-state index in [1.165, 1.54) is 0 Å². The highest BCUT2D eigenvalue weighted by Gasteiger charge is 2.54. The Morgan fingerprint density at radius 2 is 1.81 bits per heavy atom.